The Kier molecular flexibility index (Phi) is 12.4. The fourth-order valence-corrected chi connectivity index (χ4v) is 1.34. The Morgan fingerprint density at radius 3 is 2.33 bits per heavy atom. The van der Waals surface area contributed by atoms with Crippen LogP contribution < -0.4 is 0 Å². The predicted octanol–water partition coefficient (Wildman–Crippen LogP) is 1.81. The van der Waals surface area contributed by atoms with Crippen LogP contribution in [0.2, 0.25) is 0 Å². The van der Waals surface area contributed by atoms with E-state index in [1.807, 2.05) is 27.7 Å². The van der Waals surface area contributed by atoms with E-state index in [4.69, 9.17) is 28.8 Å². The molecule has 0 aliphatic carbocycles. The molecule has 0 saturated heterocycles. The highest BCUT2D eigenvalue weighted by atomic mass is 16.7. The number of rotatable bonds is 15. The molecule has 0 fully saturated rings. The fraction of sp³-hybridized carbons (Fsp3) is 0.875. The van der Waals surface area contributed by atoms with Crippen molar-refractivity contribution in [2.75, 3.05) is 40.0 Å². The number of carboxylic acids is 1. The number of aliphatic carboxylic acids is 1. The summed E-state index contributed by atoms with van der Waals surface area (Å²) in [5.74, 6) is -1.25. The molecule has 0 saturated carbocycles. The molecule has 0 amide bonds. The van der Waals surface area contributed by atoms with Gasteiger partial charge in [-0.2, -0.15) is 0 Å². The standard InChI is InChI=1S/C16H30O8/c1-5-16(3,4)15(19)23-10-13(9-22-11-20-6-2)24-12-21-8-7-14(17)18/h13H,5-12H2,1-4H3,(H,17,18). The van der Waals surface area contributed by atoms with Gasteiger partial charge < -0.3 is 28.8 Å². The summed E-state index contributed by atoms with van der Waals surface area (Å²) in [5.41, 5.74) is -0.561. The number of esters is 1. The molecule has 0 aromatic heterocycles. The lowest BCUT2D eigenvalue weighted by Gasteiger charge is -2.23. The summed E-state index contributed by atoms with van der Waals surface area (Å²) in [5, 5.41) is 8.52. The van der Waals surface area contributed by atoms with Crippen molar-refractivity contribution >= 4 is 11.9 Å². The van der Waals surface area contributed by atoms with Crippen molar-refractivity contribution in [1.29, 1.82) is 0 Å². The van der Waals surface area contributed by atoms with Crippen LogP contribution in [-0.2, 0) is 33.3 Å². The molecular weight excluding hydrogens is 320 g/mol. The highest BCUT2D eigenvalue weighted by Crippen LogP contribution is 2.21. The molecule has 0 heterocycles. The maximum absolute atomic E-state index is 12.0. The minimum atomic E-state index is -0.942. The smallest absolute Gasteiger partial charge is 0.311 e. The third-order valence-electron chi connectivity index (χ3n) is 3.36. The first-order valence-electron chi connectivity index (χ1n) is 8.07. The Hall–Kier alpha value is -1.22. The third kappa shape index (κ3) is 11.3. The van der Waals surface area contributed by atoms with Crippen LogP contribution in [0.4, 0.5) is 0 Å². The monoisotopic (exact) mass is 350 g/mol. The number of carboxylic acid groups (broad SMARTS) is 1. The van der Waals surface area contributed by atoms with Crippen molar-refractivity contribution in [2.45, 2.75) is 46.6 Å². The summed E-state index contributed by atoms with van der Waals surface area (Å²) < 4.78 is 26.1. The molecule has 8 nitrogen and oxygen atoms in total. The number of carbonyl (C=O) groups excluding carboxylic acids is 1. The first kappa shape index (κ1) is 22.8. The van der Waals surface area contributed by atoms with Gasteiger partial charge >= 0.3 is 11.9 Å². The topological polar surface area (TPSA) is 101 Å². The van der Waals surface area contributed by atoms with Gasteiger partial charge in [0.15, 0.2) is 0 Å². The molecule has 1 atom stereocenters. The maximum Gasteiger partial charge on any atom is 0.311 e. The van der Waals surface area contributed by atoms with E-state index in [0.29, 0.717) is 13.0 Å². The highest BCUT2D eigenvalue weighted by Gasteiger charge is 2.28. The van der Waals surface area contributed by atoms with E-state index in [2.05, 4.69) is 0 Å². The van der Waals surface area contributed by atoms with Crippen LogP contribution in [0.15, 0.2) is 0 Å². The van der Waals surface area contributed by atoms with E-state index in [1.165, 1.54) is 0 Å². The van der Waals surface area contributed by atoms with Gasteiger partial charge in [0.25, 0.3) is 0 Å². The molecule has 0 spiro atoms. The minimum Gasteiger partial charge on any atom is -0.481 e. The summed E-state index contributed by atoms with van der Waals surface area (Å²) in [6.45, 7) is 8.17. The maximum atomic E-state index is 12.0. The molecule has 8 heteroatoms. The van der Waals surface area contributed by atoms with Gasteiger partial charge in [0, 0.05) is 6.61 Å². The molecule has 0 aliphatic rings. The number of ether oxygens (including phenoxy) is 5. The van der Waals surface area contributed by atoms with Gasteiger partial charge in [-0.05, 0) is 27.2 Å². The highest BCUT2D eigenvalue weighted by molar-refractivity contribution is 5.75. The zero-order chi connectivity index (χ0) is 18.4. The molecule has 0 aromatic rings. The van der Waals surface area contributed by atoms with Gasteiger partial charge in [0.1, 0.15) is 26.3 Å². The summed E-state index contributed by atoms with van der Waals surface area (Å²) in [6.07, 6.45) is 0.0392. The van der Waals surface area contributed by atoms with Crippen LogP contribution in [0, 0.1) is 5.41 Å². The van der Waals surface area contributed by atoms with Crippen molar-refractivity contribution < 1.29 is 38.4 Å². The fourth-order valence-electron chi connectivity index (χ4n) is 1.34. The average molecular weight is 350 g/mol. The zero-order valence-electron chi connectivity index (χ0n) is 15.0. The Morgan fingerprint density at radius 1 is 1.04 bits per heavy atom. The second kappa shape index (κ2) is 13.1. The van der Waals surface area contributed by atoms with Crippen LogP contribution in [0.1, 0.15) is 40.5 Å². The van der Waals surface area contributed by atoms with Crippen molar-refractivity contribution in [3.8, 4) is 0 Å². The predicted molar refractivity (Wildman–Crippen MR) is 85.4 cm³/mol. The second-order valence-electron chi connectivity index (χ2n) is 5.78. The van der Waals surface area contributed by atoms with Crippen LogP contribution in [-0.4, -0.2) is 63.2 Å². The number of carbonyl (C=O) groups is 2. The lowest BCUT2D eigenvalue weighted by molar-refractivity contribution is -0.172. The normalized spacial score (nSPS) is 12.8. The Labute approximate surface area is 143 Å². The van der Waals surface area contributed by atoms with Gasteiger partial charge in [-0.25, -0.2) is 0 Å². The quantitative estimate of drug-likeness (QED) is 0.271. The molecule has 0 aromatic carbocycles. The molecule has 142 valence electrons. The van der Waals surface area contributed by atoms with Crippen molar-refractivity contribution in [2.24, 2.45) is 5.41 Å². The second-order valence-corrected chi connectivity index (χ2v) is 5.78. The molecular formula is C16H30O8. The van der Waals surface area contributed by atoms with Gasteiger partial charge in [-0.3, -0.25) is 9.59 Å². The van der Waals surface area contributed by atoms with Crippen molar-refractivity contribution in [3.05, 3.63) is 0 Å². The zero-order valence-corrected chi connectivity index (χ0v) is 15.0. The van der Waals surface area contributed by atoms with E-state index in [-0.39, 0.29) is 45.8 Å². The third-order valence-corrected chi connectivity index (χ3v) is 3.36. The first-order chi connectivity index (χ1) is 11.3. The van der Waals surface area contributed by atoms with Crippen molar-refractivity contribution in [3.63, 3.8) is 0 Å². The van der Waals surface area contributed by atoms with Crippen LogP contribution in [0.25, 0.3) is 0 Å². The summed E-state index contributed by atoms with van der Waals surface area (Å²) in [7, 11) is 0. The van der Waals surface area contributed by atoms with Gasteiger partial charge in [0.2, 0.25) is 0 Å². The number of hydrogen-bond donors (Lipinski definition) is 1. The van der Waals surface area contributed by atoms with Gasteiger partial charge in [-0.1, -0.05) is 6.92 Å². The van der Waals surface area contributed by atoms with E-state index >= 15 is 0 Å². The summed E-state index contributed by atoms with van der Waals surface area (Å²) >= 11 is 0. The summed E-state index contributed by atoms with van der Waals surface area (Å²) in [6, 6.07) is 0. The molecule has 0 radical (unpaired) electrons. The lowest BCUT2D eigenvalue weighted by Crippen LogP contribution is -2.33. The SMILES string of the molecule is CCOCOCC(COC(=O)C(C)(C)CC)OCOCCC(=O)O. The lowest BCUT2D eigenvalue weighted by atomic mass is 9.91. The first-order valence-corrected chi connectivity index (χ1v) is 8.07. The number of hydrogen-bond acceptors (Lipinski definition) is 7. The van der Waals surface area contributed by atoms with E-state index < -0.39 is 17.5 Å². The molecule has 1 unspecified atom stereocenters. The van der Waals surface area contributed by atoms with Crippen LogP contribution in [0.3, 0.4) is 0 Å². The largest absolute Gasteiger partial charge is 0.481 e. The van der Waals surface area contributed by atoms with Gasteiger partial charge in [0.05, 0.1) is 25.0 Å². The minimum absolute atomic E-state index is 0.0245. The van der Waals surface area contributed by atoms with Gasteiger partial charge in [-0.15, -0.1) is 0 Å². The molecule has 0 aliphatic heterocycles. The van der Waals surface area contributed by atoms with E-state index in [1.54, 1.807) is 0 Å². The van der Waals surface area contributed by atoms with Crippen LogP contribution >= 0.6 is 0 Å². The molecule has 1 N–H and O–H groups in total. The van der Waals surface area contributed by atoms with Crippen LogP contribution in [0.5, 0.6) is 0 Å². The Morgan fingerprint density at radius 2 is 1.75 bits per heavy atom. The van der Waals surface area contributed by atoms with E-state index in [0.717, 1.165) is 0 Å². The Bertz CT molecular complexity index is 356. The molecule has 24 heavy (non-hydrogen) atoms. The Balaban J connectivity index is 4.21. The van der Waals surface area contributed by atoms with E-state index in [9.17, 15) is 9.59 Å². The molecule has 0 rings (SSSR count). The molecule has 0 bridgehead atoms. The summed E-state index contributed by atoms with van der Waals surface area (Å²) in [4.78, 5) is 22.4. The van der Waals surface area contributed by atoms with Crippen molar-refractivity contribution in [1.82, 2.24) is 0 Å². The average Bonchev–Trinajstić information content (AvgIpc) is 2.54.